The van der Waals surface area contributed by atoms with Crippen molar-refractivity contribution in [3.63, 3.8) is 0 Å². The Morgan fingerprint density at radius 2 is 0.789 bits per heavy atom. The van der Waals surface area contributed by atoms with Gasteiger partial charge in [-0.3, -0.25) is 4.98 Å². The predicted molar refractivity (Wildman–Crippen MR) is 241 cm³/mol. The lowest BCUT2D eigenvalue weighted by Gasteiger charge is -2.16. The third-order valence-corrected chi connectivity index (χ3v) is 11.6. The molecule has 1 heterocycles. The minimum Gasteiger partial charge on any atom is -0.260 e. The van der Waals surface area contributed by atoms with Gasteiger partial charge in [0.2, 0.25) is 0 Å². The van der Waals surface area contributed by atoms with Gasteiger partial charge >= 0.3 is 0 Å². The van der Waals surface area contributed by atoms with Crippen LogP contribution in [0, 0.1) is 6.92 Å². The van der Waals surface area contributed by atoms with Gasteiger partial charge in [-0.2, -0.15) is 0 Å². The Bertz CT molecular complexity index is 3340. The summed E-state index contributed by atoms with van der Waals surface area (Å²) in [5, 5.41) is 12.7. The molecular formula is C55H36N2. The average molecular weight is 725 g/mol. The summed E-state index contributed by atoms with van der Waals surface area (Å²) in [7, 11) is 0. The van der Waals surface area contributed by atoms with Crippen molar-refractivity contribution in [1.29, 1.82) is 0 Å². The molecule has 11 aromatic rings. The van der Waals surface area contributed by atoms with E-state index in [4.69, 9.17) is 4.98 Å². The van der Waals surface area contributed by atoms with Crippen LogP contribution in [0.25, 0.3) is 110 Å². The van der Waals surface area contributed by atoms with Gasteiger partial charge in [-0.1, -0.05) is 170 Å². The largest absolute Gasteiger partial charge is 0.260 e. The number of nitrogens with zero attached hydrogens (tertiary/aromatic N) is 2. The third-order valence-electron chi connectivity index (χ3n) is 11.6. The van der Waals surface area contributed by atoms with Crippen LogP contribution < -0.4 is 0 Å². The molecule has 2 heteroatoms. The molecule has 266 valence electrons. The van der Waals surface area contributed by atoms with Crippen LogP contribution in [-0.2, 0) is 0 Å². The first-order chi connectivity index (χ1) is 28.1. The molecule has 0 aliphatic heterocycles. The predicted octanol–water partition coefficient (Wildman–Crippen LogP) is 14.9. The summed E-state index contributed by atoms with van der Waals surface area (Å²) in [6.07, 6.45) is 3.65. The fraction of sp³-hybridized carbons (Fsp3) is 0.0182. The van der Waals surface area contributed by atoms with Crippen molar-refractivity contribution in [1.82, 2.24) is 9.97 Å². The average Bonchev–Trinajstić information content (AvgIpc) is 3.28. The van der Waals surface area contributed by atoms with Crippen LogP contribution in [0.1, 0.15) is 5.56 Å². The highest BCUT2D eigenvalue weighted by atomic mass is 14.8. The second-order valence-electron chi connectivity index (χ2n) is 15.1. The molecule has 0 amide bonds. The van der Waals surface area contributed by atoms with Crippen molar-refractivity contribution in [2.75, 3.05) is 0 Å². The van der Waals surface area contributed by atoms with Gasteiger partial charge in [-0.05, 0) is 118 Å². The second kappa shape index (κ2) is 13.4. The van der Waals surface area contributed by atoms with E-state index < -0.39 is 0 Å². The fourth-order valence-corrected chi connectivity index (χ4v) is 8.78. The van der Waals surface area contributed by atoms with E-state index in [-0.39, 0.29) is 0 Å². The number of aryl methyl sites for hydroxylation is 1. The molecule has 10 aromatic carbocycles. The third kappa shape index (κ3) is 5.73. The van der Waals surface area contributed by atoms with Gasteiger partial charge in [-0.15, -0.1) is 0 Å². The molecule has 57 heavy (non-hydrogen) atoms. The first-order valence-electron chi connectivity index (χ1n) is 19.5. The summed E-state index contributed by atoms with van der Waals surface area (Å²) in [5.74, 6) is 0. The van der Waals surface area contributed by atoms with Gasteiger partial charge in [0.05, 0.1) is 23.8 Å². The summed E-state index contributed by atoms with van der Waals surface area (Å²) in [6, 6.07) is 68.5. The SMILES string of the molecule is Cc1cccc2ccc3cccc(-c4cccc5ccc6cc(-c7ccc8cc(-c9ccc(-c%10cncc(-c%11ccccc%11)n%10)cc9)ccc8c7)ccc6c45)c3c12. The number of fused-ring (bicyclic) bond motifs is 7. The molecule has 0 fully saturated rings. The Kier molecular flexibility index (Phi) is 7.75. The Labute approximate surface area is 331 Å². The Hall–Kier alpha value is -7.42. The lowest BCUT2D eigenvalue weighted by Crippen LogP contribution is -1.90. The minimum atomic E-state index is 0.866. The van der Waals surface area contributed by atoms with E-state index in [0.29, 0.717) is 0 Å². The van der Waals surface area contributed by atoms with Crippen LogP contribution in [0.5, 0.6) is 0 Å². The summed E-state index contributed by atoms with van der Waals surface area (Å²) in [6.45, 7) is 2.23. The first kappa shape index (κ1) is 33.0. The maximum atomic E-state index is 4.90. The van der Waals surface area contributed by atoms with Crippen LogP contribution in [0.15, 0.2) is 200 Å². The molecule has 0 bridgehead atoms. The van der Waals surface area contributed by atoms with E-state index in [2.05, 4.69) is 182 Å². The standard InChI is InChI=1S/C55H36N2/c1-35-8-5-11-39-20-21-41-13-7-15-50(55(41)53(35)39)49-14-6-12-40-22-27-47-32-46(28-29-48(47)54(40)49)45-26-25-43-30-42(23-24-44(43)31-45)36-16-18-38(19-17-36)52-34-56-33-51(57-52)37-9-3-2-4-10-37/h2-34H,1H3. The zero-order valence-electron chi connectivity index (χ0n) is 31.4. The number of rotatable bonds is 5. The van der Waals surface area contributed by atoms with Crippen molar-refractivity contribution >= 4 is 53.9 Å². The molecule has 0 spiro atoms. The van der Waals surface area contributed by atoms with E-state index in [0.717, 1.165) is 22.5 Å². The van der Waals surface area contributed by atoms with Crippen LogP contribution in [0.2, 0.25) is 0 Å². The Morgan fingerprint density at radius 1 is 0.316 bits per heavy atom. The first-order valence-corrected chi connectivity index (χ1v) is 19.5. The number of benzene rings is 10. The van der Waals surface area contributed by atoms with Crippen LogP contribution in [0.4, 0.5) is 0 Å². The fourth-order valence-electron chi connectivity index (χ4n) is 8.78. The zero-order valence-corrected chi connectivity index (χ0v) is 31.4. The summed E-state index contributed by atoms with van der Waals surface area (Å²) in [4.78, 5) is 9.38. The summed E-state index contributed by atoms with van der Waals surface area (Å²) < 4.78 is 0. The highest BCUT2D eigenvalue weighted by Crippen LogP contribution is 2.42. The van der Waals surface area contributed by atoms with Gasteiger partial charge in [-0.25, -0.2) is 4.98 Å². The topological polar surface area (TPSA) is 25.8 Å². The van der Waals surface area contributed by atoms with Crippen molar-refractivity contribution in [2.24, 2.45) is 0 Å². The van der Waals surface area contributed by atoms with Gasteiger partial charge in [0.25, 0.3) is 0 Å². The molecule has 0 atom stereocenters. The van der Waals surface area contributed by atoms with Gasteiger partial charge in [0, 0.05) is 11.1 Å². The molecular weight excluding hydrogens is 689 g/mol. The molecule has 11 rings (SSSR count). The Balaban J connectivity index is 0.930. The maximum Gasteiger partial charge on any atom is 0.0892 e. The van der Waals surface area contributed by atoms with E-state index >= 15 is 0 Å². The Morgan fingerprint density at radius 3 is 1.47 bits per heavy atom. The molecule has 0 aliphatic carbocycles. The molecule has 0 radical (unpaired) electrons. The smallest absolute Gasteiger partial charge is 0.0892 e. The molecule has 2 nitrogen and oxygen atoms in total. The van der Waals surface area contributed by atoms with Gasteiger partial charge < -0.3 is 0 Å². The molecule has 0 unspecified atom stereocenters. The number of hydrogen-bond acceptors (Lipinski definition) is 2. The second-order valence-corrected chi connectivity index (χ2v) is 15.1. The van der Waals surface area contributed by atoms with E-state index in [1.165, 1.54) is 92.8 Å². The molecule has 0 aliphatic rings. The van der Waals surface area contributed by atoms with Gasteiger partial charge in [0.1, 0.15) is 0 Å². The van der Waals surface area contributed by atoms with Crippen LogP contribution >= 0.6 is 0 Å². The van der Waals surface area contributed by atoms with E-state index in [1.807, 2.05) is 30.6 Å². The lowest BCUT2D eigenvalue weighted by atomic mass is 9.88. The van der Waals surface area contributed by atoms with Crippen molar-refractivity contribution in [2.45, 2.75) is 6.92 Å². The van der Waals surface area contributed by atoms with E-state index in [9.17, 15) is 0 Å². The quantitative estimate of drug-likeness (QED) is 0.165. The van der Waals surface area contributed by atoms with E-state index in [1.54, 1.807) is 0 Å². The summed E-state index contributed by atoms with van der Waals surface area (Å²) in [5.41, 5.74) is 12.5. The summed E-state index contributed by atoms with van der Waals surface area (Å²) >= 11 is 0. The monoisotopic (exact) mass is 724 g/mol. The molecule has 0 N–H and O–H groups in total. The molecule has 0 saturated heterocycles. The van der Waals surface area contributed by atoms with Gasteiger partial charge in [0.15, 0.2) is 0 Å². The highest BCUT2D eigenvalue weighted by Gasteiger charge is 2.15. The zero-order chi connectivity index (χ0) is 37.9. The number of hydrogen-bond donors (Lipinski definition) is 0. The maximum absolute atomic E-state index is 4.90. The van der Waals surface area contributed by atoms with Crippen molar-refractivity contribution < 1.29 is 0 Å². The normalized spacial score (nSPS) is 11.6. The van der Waals surface area contributed by atoms with Crippen LogP contribution in [-0.4, -0.2) is 9.97 Å². The lowest BCUT2D eigenvalue weighted by molar-refractivity contribution is 1.21. The molecule has 0 saturated carbocycles. The number of aromatic nitrogens is 2. The van der Waals surface area contributed by atoms with Crippen molar-refractivity contribution in [3.05, 3.63) is 206 Å². The molecule has 1 aromatic heterocycles. The van der Waals surface area contributed by atoms with Crippen LogP contribution in [0.3, 0.4) is 0 Å². The van der Waals surface area contributed by atoms with Crippen molar-refractivity contribution in [3.8, 4) is 55.9 Å². The highest BCUT2D eigenvalue weighted by molar-refractivity contribution is 6.21. The minimum absolute atomic E-state index is 0.866.